The summed E-state index contributed by atoms with van der Waals surface area (Å²) in [6.07, 6.45) is 0.622. The summed E-state index contributed by atoms with van der Waals surface area (Å²) in [5, 5.41) is 3.08. The van der Waals surface area contributed by atoms with Gasteiger partial charge in [0, 0.05) is 30.6 Å². The van der Waals surface area contributed by atoms with Crippen LogP contribution < -0.4 is 15.0 Å². The van der Waals surface area contributed by atoms with Gasteiger partial charge in [-0.15, -0.1) is 0 Å². The molecule has 2 aromatic carbocycles. The molecule has 3 aliphatic rings. The van der Waals surface area contributed by atoms with Gasteiger partial charge in [0.15, 0.2) is 5.72 Å². The number of carbonyl (C=O) groups excluding carboxylic acids is 2. The van der Waals surface area contributed by atoms with Crippen molar-refractivity contribution in [2.24, 2.45) is 0 Å². The van der Waals surface area contributed by atoms with Crippen LogP contribution in [0, 0.1) is 0 Å². The number of carbonyl (C=O) groups is 2. The third-order valence-corrected chi connectivity index (χ3v) is 5.83. The number of anilines is 1. The largest absolute Gasteiger partial charge is 0.467 e. The molecule has 2 unspecified atom stereocenters. The van der Waals surface area contributed by atoms with Crippen LogP contribution in [0.15, 0.2) is 48.5 Å². The van der Waals surface area contributed by atoms with Crippen LogP contribution in [0.1, 0.15) is 35.3 Å². The van der Waals surface area contributed by atoms with Gasteiger partial charge in [-0.1, -0.05) is 24.3 Å². The second kappa shape index (κ2) is 6.77. The van der Waals surface area contributed by atoms with E-state index in [2.05, 4.69) is 5.32 Å². The average Bonchev–Trinajstić information content (AvgIpc) is 2.73. The lowest BCUT2D eigenvalue weighted by Crippen LogP contribution is -2.65. The normalized spacial score (nSPS) is 25.7. The molecule has 0 saturated carbocycles. The fourth-order valence-corrected chi connectivity index (χ4v) is 4.44. The van der Waals surface area contributed by atoms with Crippen LogP contribution in [-0.4, -0.2) is 48.9 Å². The fourth-order valence-electron chi connectivity index (χ4n) is 4.44. The van der Waals surface area contributed by atoms with Crippen molar-refractivity contribution in [3.05, 3.63) is 59.7 Å². The molecule has 2 aromatic rings. The van der Waals surface area contributed by atoms with Crippen molar-refractivity contribution in [2.45, 2.75) is 25.1 Å². The van der Waals surface area contributed by atoms with Crippen molar-refractivity contribution in [2.75, 3.05) is 31.2 Å². The third-order valence-electron chi connectivity index (χ3n) is 5.83. The summed E-state index contributed by atoms with van der Waals surface area (Å²) in [5.74, 6) is 0.724. The van der Waals surface area contributed by atoms with Crippen molar-refractivity contribution >= 4 is 17.6 Å². The smallest absolute Gasteiger partial charge is 0.325 e. The average molecular weight is 393 g/mol. The molecule has 1 N–H and O–H groups in total. The van der Waals surface area contributed by atoms with Crippen LogP contribution in [0.4, 0.5) is 10.5 Å². The Hall–Kier alpha value is -3.06. The van der Waals surface area contributed by atoms with Gasteiger partial charge in [-0.25, -0.2) is 4.79 Å². The summed E-state index contributed by atoms with van der Waals surface area (Å²) < 4.78 is 11.6. The molecule has 0 spiro atoms. The molecule has 0 aromatic heterocycles. The Labute approximate surface area is 169 Å². The van der Waals surface area contributed by atoms with E-state index in [-0.39, 0.29) is 18.0 Å². The second-order valence-electron chi connectivity index (χ2n) is 7.81. The predicted octanol–water partition coefficient (Wildman–Crippen LogP) is 2.93. The Morgan fingerprint density at radius 1 is 1.14 bits per heavy atom. The van der Waals surface area contributed by atoms with Gasteiger partial charge in [-0.2, -0.15) is 0 Å². The summed E-state index contributed by atoms with van der Waals surface area (Å²) in [6, 6.07) is 14.7. The lowest BCUT2D eigenvalue weighted by atomic mass is 9.90. The number of urea groups is 1. The van der Waals surface area contributed by atoms with E-state index in [4.69, 9.17) is 9.47 Å². The van der Waals surface area contributed by atoms with E-state index >= 15 is 0 Å². The predicted molar refractivity (Wildman–Crippen MR) is 107 cm³/mol. The number of para-hydroxylation sites is 1. The van der Waals surface area contributed by atoms with E-state index in [0.717, 1.165) is 11.3 Å². The SMILES string of the molecule is CC12CC(NC(=O)N1c1cccc(C(=O)N3CCOCC3)c1)c1ccccc1O2. The molecule has 29 heavy (non-hydrogen) atoms. The van der Waals surface area contributed by atoms with Crippen LogP contribution in [0.2, 0.25) is 0 Å². The summed E-state index contributed by atoms with van der Waals surface area (Å²) in [7, 11) is 0. The maximum absolute atomic E-state index is 13.0. The number of fused-ring (bicyclic) bond motifs is 4. The molecule has 0 radical (unpaired) electrons. The first-order valence-electron chi connectivity index (χ1n) is 9.91. The molecule has 7 heteroatoms. The highest BCUT2D eigenvalue weighted by molar-refractivity contribution is 5.99. The summed E-state index contributed by atoms with van der Waals surface area (Å²) in [4.78, 5) is 29.3. The maximum atomic E-state index is 13.0. The third kappa shape index (κ3) is 3.02. The Bertz CT molecular complexity index is 972. The first kappa shape index (κ1) is 18.0. The van der Waals surface area contributed by atoms with Crippen molar-refractivity contribution < 1.29 is 19.1 Å². The van der Waals surface area contributed by atoms with Crippen LogP contribution in [0.5, 0.6) is 5.75 Å². The molecule has 2 fully saturated rings. The highest BCUT2D eigenvalue weighted by Gasteiger charge is 2.49. The van der Waals surface area contributed by atoms with Crippen molar-refractivity contribution in [3.63, 3.8) is 0 Å². The van der Waals surface area contributed by atoms with Gasteiger partial charge in [0.1, 0.15) is 5.75 Å². The lowest BCUT2D eigenvalue weighted by molar-refractivity contribution is 0.0301. The van der Waals surface area contributed by atoms with Crippen LogP contribution in [-0.2, 0) is 4.74 Å². The monoisotopic (exact) mass is 393 g/mol. The fraction of sp³-hybridized carbons (Fsp3) is 0.364. The minimum atomic E-state index is -0.831. The van der Waals surface area contributed by atoms with Gasteiger partial charge in [-0.05, 0) is 31.2 Å². The number of rotatable bonds is 2. The Balaban J connectivity index is 1.48. The number of benzene rings is 2. The van der Waals surface area contributed by atoms with Crippen molar-refractivity contribution in [1.82, 2.24) is 10.2 Å². The zero-order valence-electron chi connectivity index (χ0n) is 16.3. The van der Waals surface area contributed by atoms with Crippen LogP contribution in [0.25, 0.3) is 0 Å². The Morgan fingerprint density at radius 3 is 2.76 bits per heavy atom. The number of hydrogen-bond donors (Lipinski definition) is 1. The Kier molecular flexibility index (Phi) is 4.20. The molecule has 3 aliphatic heterocycles. The topological polar surface area (TPSA) is 71.1 Å². The minimum absolute atomic E-state index is 0.0505. The second-order valence-corrected chi connectivity index (χ2v) is 7.81. The van der Waals surface area contributed by atoms with Gasteiger partial charge in [0.05, 0.1) is 24.9 Å². The highest BCUT2D eigenvalue weighted by atomic mass is 16.5. The maximum Gasteiger partial charge on any atom is 0.325 e. The zero-order valence-corrected chi connectivity index (χ0v) is 16.3. The van der Waals surface area contributed by atoms with E-state index in [9.17, 15) is 9.59 Å². The summed E-state index contributed by atoms with van der Waals surface area (Å²) in [5.41, 5.74) is 1.36. The van der Waals surface area contributed by atoms with Crippen molar-refractivity contribution in [1.29, 1.82) is 0 Å². The molecular weight excluding hydrogens is 370 g/mol. The molecule has 2 atom stereocenters. The van der Waals surface area contributed by atoms with Crippen LogP contribution in [0.3, 0.4) is 0 Å². The number of hydrogen-bond acceptors (Lipinski definition) is 4. The first-order chi connectivity index (χ1) is 14.0. The molecule has 3 amide bonds. The summed E-state index contributed by atoms with van der Waals surface area (Å²) >= 11 is 0. The number of ether oxygens (including phenoxy) is 2. The Morgan fingerprint density at radius 2 is 1.93 bits per heavy atom. The number of morpholine rings is 1. The summed E-state index contributed by atoms with van der Waals surface area (Å²) in [6.45, 7) is 4.17. The molecule has 5 rings (SSSR count). The highest BCUT2D eigenvalue weighted by Crippen LogP contribution is 2.45. The molecule has 150 valence electrons. The van der Waals surface area contributed by atoms with Gasteiger partial charge in [0.25, 0.3) is 5.91 Å². The first-order valence-corrected chi connectivity index (χ1v) is 9.91. The lowest BCUT2D eigenvalue weighted by Gasteiger charge is -2.50. The van der Waals surface area contributed by atoms with E-state index in [1.54, 1.807) is 21.9 Å². The van der Waals surface area contributed by atoms with E-state index in [0.29, 0.717) is 44.0 Å². The molecule has 0 aliphatic carbocycles. The van der Waals surface area contributed by atoms with Crippen molar-refractivity contribution in [3.8, 4) is 5.75 Å². The number of nitrogens with one attached hydrogen (secondary N) is 1. The van der Waals surface area contributed by atoms with E-state index < -0.39 is 5.72 Å². The number of nitrogens with zero attached hydrogens (tertiary/aromatic N) is 2. The molecule has 7 nitrogen and oxygen atoms in total. The van der Waals surface area contributed by atoms with Gasteiger partial charge in [-0.3, -0.25) is 9.69 Å². The quantitative estimate of drug-likeness (QED) is 0.852. The van der Waals surface area contributed by atoms with Gasteiger partial charge in [0.2, 0.25) is 0 Å². The van der Waals surface area contributed by atoms with Crippen LogP contribution >= 0.6 is 0 Å². The van der Waals surface area contributed by atoms with Gasteiger partial charge < -0.3 is 19.7 Å². The van der Waals surface area contributed by atoms with E-state index in [1.807, 2.05) is 43.3 Å². The number of amides is 3. The van der Waals surface area contributed by atoms with E-state index in [1.165, 1.54) is 0 Å². The molecule has 2 saturated heterocycles. The standard InChI is InChI=1S/C22H23N3O4/c1-22-14-18(17-7-2-3-8-19(17)29-22)23-21(27)25(22)16-6-4-5-15(13-16)20(26)24-9-11-28-12-10-24/h2-8,13,18H,9-12,14H2,1H3,(H,23,27). The molecular formula is C22H23N3O4. The van der Waals surface area contributed by atoms with Gasteiger partial charge >= 0.3 is 6.03 Å². The zero-order chi connectivity index (χ0) is 20.0. The molecule has 3 heterocycles. The minimum Gasteiger partial charge on any atom is -0.467 e. The molecule has 2 bridgehead atoms.